The zero-order chi connectivity index (χ0) is 25.5. The molecule has 0 bridgehead atoms. The maximum Gasteiger partial charge on any atom is 0.410 e. The molecule has 3 heterocycles. The van der Waals surface area contributed by atoms with Gasteiger partial charge in [-0.05, 0) is 115 Å². The Hall–Kier alpha value is -2.15. The van der Waals surface area contributed by atoms with Gasteiger partial charge in [0.15, 0.2) is 0 Å². The van der Waals surface area contributed by atoms with Crippen LogP contribution in [0.1, 0.15) is 90.0 Å². The van der Waals surface area contributed by atoms with Crippen LogP contribution in [-0.2, 0) is 9.53 Å². The number of anilines is 1. The average molecular weight is 500 g/mol. The van der Waals surface area contributed by atoms with Crippen molar-refractivity contribution in [3.05, 3.63) is 29.6 Å². The first kappa shape index (κ1) is 25.5. The third-order valence-electron chi connectivity index (χ3n) is 8.97. The van der Waals surface area contributed by atoms with Crippen LogP contribution in [-0.4, -0.2) is 66.2 Å². The van der Waals surface area contributed by atoms with Crippen molar-refractivity contribution in [3.8, 4) is 0 Å². The van der Waals surface area contributed by atoms with E-state index in [9.17, 15) is 9.59 Å². The third-order valence-corrected chi connectivity index (χ3v) is 8.97. The van der Waals surface area contributed by atoms with Crippen LogP contribution >= 0.6 is 0 Å². The van der Waals surface area contributed by atoms with Crippen LogP contribution in [0.25, 0.3) is 0 Å². The minimum absolute atomic E-state index is 0.00381. The molecule has 1 spiro atoms. The summed E-state index contributed by atoms with van der Waals surface area (Å²) in [6, 6.07) is 6.25. The molecule has 0 aromatic heterocycles. The normalized spacial score (nSPS) is 27.2. The molecular weight excluding hydrogens is 457 g/mol. The monoisotopic (exact) mass is 499 g/mol. The van der Waals surface area contributed by atoms with Gasteiger partial charge in [0, 0.05) is 25.7 Å². The number of hydrogen-bond donors (Lipinski definition) is 0. The molecule has 6 nitrogen and oxygen atoms in total. The van der Waals surface area contributed by atoms with Crippen LogP contribution in [0, 0.1) is 11.2 Å². The van der Waals surface area contributed by atoms with Crippen LogP contribution in [0.15, 0.2) is 18.2 Å². The first-order valence-electron chi connectivity index (χ1n) is 14.0. The van der Waals surface area contributed by atoms with Crippen LogP contribution in [0.3, 0.4) is 0 Å². The first-order chi connectivity index (χ1) is 17.2. The fourth-order valence-corrected chi connectivity index (χ4v) is 6.84. The Morgan fingerprint density at radius 2 is 1.61 bits per heavy atom. The van der Waals surface area contributed by atoms with Crippen molar-refractivity contribution in [2.75, 3.05) is 37.6 Å². The molecule has 0 unspecified atom stereocenters. The molecule has 3 aliphatic heterocycles. The molecule has 36 heavy (non-hydrogen) atoms. The first-order valence-corrected chi connectivity index (χ1v) is 14.0. The number of rotatable bonds is 3. The Kier molecular flexibility index (Phi) is 7.05. The van der Waals surface area contributed by atoms with Gasteiger partial charge in [-0.1, -0.05) is 6.07 Å². The highest BCUT2D eigenvalue weighted by Crippen LogP contribution is 2.44. The molecule has 1 saturated carbocycles. The lowest BCUT2D eigenvalue weighted by molar-refractivity contribution is -0.128. The number of ether oxygens (including phenoxy) is 1. The molecule has 3 saturated heterocycles. The second kappa shape index (κ2) is 9.96. The smallest absolute Gasteiger partial charge is 0.410 e. The summed E-state index contributed by atoms with van der Waals surface area (Å²) in [4.78, 5) is 31.9. The fraction of sp³-hybridized carbons (Fsp3) is 0.724. The molecule has 7 heteroatoms. The van der Waals surface area contributed by atoms with Gasteiger partial charge in [-0.25, -0.2) is 9.18 Å². The van der Waals surface area contributed by atoms with E-state index in [-0.39, 0.29) is 17.8 Å². The summed E-state index contributed by atoms with van der Waals surface area (Å²) in [6.07, 6.45) is 8.84. The number of likely N-dealkylation sites (tertiary alicyclic amines) is 2. The second-order valence-corrected chi connectivity index (χ2v) is 12.4. The number of piperidine rings is 1. The summed E-state index contributed by atoms with van der Waals surface area (Å²) < 4.78 is 20.9. The molecule has 0 N–H and O–H groups in total. The van der Waals surface area contributed by atoms with E-state index in [0.717, 1.165) is 18.4 Å². The minimum Gasteiger partial charge on any atom is -0.444 e. The standard InChI is InChI=1S/C29H42FN3O3/c1-28(2,3)36-27(35)32-17-12-29(13-18-32)14-19-33(26(29)34)25-11-8-22(20-24(25)30)21-6-9-23(10-7-21)31-15-4-5-16-31/h8,11,20-21,23H,4-7,9-10,12-19H2,1-3H3/t21-,23-. The Morgan fingerprint density at radius 1 is 0.972 bits per heavy atom. The predicted octanol–water partition coefficient (Wildman–Crippen LogP) is 5.70. The lowest BCUT2D eigenvalue weighted by atomic mass is 9.77. The molecule has 4 fully saturated rings. The Balaban J connectivity index is 1.19. The molecule has 4 aliphatic rings. The van der Waals surface area contributed by atoms with E-state index in [2.05, 4.69) is 4.90 Å². The molecule has 5 rings (SSSR count). The molecule has 198 valence electrons. The SMILES string of the molecule is CC(C)(C)OC(=O)N1CCC2(CC1)CCN(c1ccc([C@H]3CC[C@H](N4CCCC4)CC3)cc1F)C2=O. The van der Waals surface area contributed by atoms with Gasteiger partial charge in [0.25, 0.3) is 0 Å². The highest BCUT2D eigenvalue weighted by molar-refractivity contribution is 6.00. The topological polar surface area (TPSA) is 53.1 Å². The minimum atomic E-state index is -0.539. The van der Waals surface area contributed by atoms with Gasteiger partial charge in [-0.2, -0.15) is 0 Å². The Bertz CT molecular complexity index is 968. The van der Waals surface area contributed by atoms with Crippen molar-refractivity contribution in [2.24, 2.45) is 5.41 Å². The molecule has 0 atom stereocenters. The van der Waals surface area contributed by atoms with Crippen molar-refractivity contribution < 1.29 is 18.7 Å². The maximum atomic E-state index is 15.4. The van der Waals surface area contributed by atoms with Gasteiger partial charge in [-0.3, -0.25) is 4.79 Å². The van der Waals surface area contributed by atoms with Gasteiger partial charge < -0.3 is 19.4 Å². The summed E-state index contributed by atoms with van der Waals surface area (Å²) in [5.41, 5.74) is 0.435. The van der Waals surface area contributed by atoms with Gasteiger partial charge in [-0.15, -0.1) is 0 Å². The molecule has 1 aromatic rings. The second-order valence-electron chi connectivity index (χ2n) is 12.4. The van der Waals surface area contributed by atoms with Gasteiger partial charge in [0.05, 0.1) is 11.1 Å². The van der Waals surface area contributed by atoms with Crippen molar-refractivity contribution in [2.45, 2.75) is 96.1 Å². The van der Waals surface area contributed by atoms with Crippen LogP contribution in [0.5, 0.6) is 0 Å². The quantitative estimate of drug-likeness (QED) is 0.535. The van der Waals surface area contributed by atoms with E-state index in [4.69, 9.17) is 4.74 Å². The van der Waals surface area contributed by atoms with Crippen LogP contribution in [0.2, 0.25) is 0 Å². The van der Waals surface area contributed by atoms with Crippen molar-refractivity contribution >= 4 is 17.7 Å². The van der Waals surface area contributed by atoms with Crippen LogP contribution in [0.4, 0.5) is 14.9 Å². The molecule has 0 radical (unpaired) electrons. The van der Waals surface area contributed by atoms with Crippen molar-refractivity contribution in [1.29, 1.82) is 0 Å². The lowest BCUT2D eigenvalue weighted by Gasteiger charge is -2.38. The summed E-state index contributed by atoms with van der Waals surface area (Å²) in [7, 11) is 0. The van der Waals surface area contributed by atoms with Crippen LogP contribution < -0.4 is 4.90 Å². The lowest BCUT2D eigenvalue weighted by Crippen LogP contribution is -2.48. The summed E-state index contributed by atoms with van der Waals surface area (Å²) in [6.45, 7) is 9.57. The Morgan fingerprint density at radius 3 is 2.22 bits per heavy atom. The van der Waals surface area contributed by atoms with Crippen molar-refractivity contribution in [3.63, 3.8) is 0 Å². The molecule has 1 aliphatic carbocycles. The van der Waals surface area contributed by atoms with Gasteiger partial charge in [0.1, 0.15) is 11.4 Å². The number of benzene rings is 1. The number of halogens is 1. The van der Waals surface area contributed by atoms with E-state index in [1.54, 1.807) is 15.9 Å². The molecule has 2 amide bonds. The zero-order valence-corrected chi connectivity index (χ0v) is 22.2. The van der Waals surface area contributed by atoms with Gasteiger partial charge >= 0.3 is 6.09 Å². The van der Waals surface area contributed by atoms with E-state index in [1.807, 2.05) is 32.9 Å². The summed E-state index contributed by atoms with van der Waals surface area (Å²) in [5.74, 6) is 0.125. The number of carbonyl (C=O) groups excluding carboxylic acids is 2. The average Bonchev–Trinajstić information content (AvgIpc) is 3.48. The third kappa shape index (κ3) is 5.13. The Labute approximate surface area is 215 Å². The molecule has 1 aromatic carbocycles. The highest BCUT2D eigenvalue weighted by atomic mass is 19.1. The maximum absolute atomic E-state index is 15.4. The molecular formula is C29H42FN3O3. The van der Waals surface area contributed by atoms with E-state index in [0.29, 0.717) is 56.5 Å². The number of hydrogen-bond acceptors (Lipinski definition) is 4. The number of nitrogens with zero attached hydrogens (tertiary/aromatic N) is 3. The van der Waals surface area contributed by atoms with E-state index in [1.165, 1.54) is 38.8 Å². The largest absolute Gasteiger partial charge is 0.444 e. The zero-order valence-electron chi connectivity index (χ0n) is 22.2. The summed E-state index contributed by atoms with van der Waals surface area (Å²) in [5, 5.41) is 0. The summed E-state index contributed by atoms with van der Waals surface area (Å²) >= 11 is 0. The van der Waals surface area contributed by atoms with E-state index < -0.39 is 11.0 Å². The van der Waals surface area contributed by atoms with E-state index >= 15 is 4.39 Å². The van der Waals surface area contributed by atoms with Crippen molar-refractivity contribution in [1.82, 2.24) is 9.80 Å². The number of amides is 2. The van der Waals surface area contributed by atoms with Gasteiger partial charge in [0.2, 0.25) is 5.91 Å². The fourth-order valence-electron chi connectivity index (χ4n) is 6.84. The number of carbonyl (C=O) groups is 2. The predicted molar refractivity (Wildman–Crippen MR) is 139 cm³/mol. The highest BCUT2D eigenvalue weighted by Gasteiger charge is 2.49.